The van der Waals surface area contributed by atoms with E-state index >= 15 is 0 Å². The molecule has 0 heterocycles. The van der Waals surface area contributed by atoms with Gasteiger partial charge in [0.1, 0.15) is 0 Å². The topological polar surface area (TPSA) is 0 Å². The Bertz CT molecular complexity index is 544. The molecular weight excluding hydrogens is 288 g/mol. The van der Waals surface area contributed by atoms with Crippen molar-refractivity contribution in [1.82, 2.24) is 0 Å². The summed E-state index contributed by atoms with van der Waals surface area (Å²) in [5, 5.41) is 0. The van der Waals surface area contributed by atoms with E-state index in [-0.39, 0.29) is 21.7 Å². The van der Waals surface area contributed by atoms with Crippen molar-refractivity contribution in [3.63, 3.8) is 0 Å². The highest BCUT2D eigenvalue weighted by molar-refractivity contribution is 5.38. The van der Waals surface area contributed by atoms with Gasteiger partial charge in [-0.25, -0.2) is 0 Å². The van der Waals surface area contributed by atoms with Crippen molar-refractivity contribution >= 4 is 0 Å². The summed E-state index contributed by atoms with van der Waals surface area (Å²) < 4.78 is 0. The summed E-state index contributed by atoms with van der Waals surface area (Å²) in [6.45, 7) is 22.7. The van der Waals surface area contributed by atoms with Crippen LogP contribution in [0.15, 0.2) is 48.6 Å². The van der Waals surface area contributed by atoms with E-state index < -0.39 is 0 Å². The van der Waals surface area contributed by atoms with E-state index in [9.17, 15) is 0 Å². The molecule has 0 N–H and O–H groups in total. The lowest BCUT2D eigenvalue weighted by molar-refractivity contribution is 0.530. The van der Waals surface area contributed by atoms with Gasteiger partial charge in [-0.2, -0.15) is 0 Å². The molecule has 0 saturated carbocycles. The lowest BCUT2D eigenvalue weighted by Crippen LogP contribution is -2.19. The number of rotatable bonds is 4. The van der Waals surface area contributed by atoms with Gasteiger partial charge in [0, 0.05) is 10.8 Å². The van der Waals surface area contributed by atoms with Crippen molar-refractivity contribution < 1.29 is 0 Å². The van der Waals surface area contributed by atoms with Crippen molar-refractivity contribution in [3.8, 4) is 0 Å². The van der Waals surface area contributed by atoms with Gasteiger partial charge in [0.05, 0.1) is 0 Å². The maximum Gasteiger partial charge on any atom is 0.00756 e. The first kappa shape index (κ1) is 20.7. The Kier molecular flexibility index (Phi) is 5.97. The maximum atomic E-state index is 2.38. The summed E-state index contributed by atoms with van der Waals surface area (Å²) in [4.78, 5) is 0. The highest BCUT2D eigenvalue weighted by Gasteiger charge is 2.23. The average molecular weight is 327 g/mol. The highest BCUT2D eigenvalue weighted by atomic mass is 14.3. The first-order valence-electron chi connectivity index (χ1n) is 9.14. The van der Waals surface area contributed by atoms with Crippen molar-refractivity contribution in [2.45, 2.75) is 80.1 Å². The monoisotopic (exact) mass is 326 g/mol. The highest BCUT2D eigenvalue weighted by Crippen LogP contribution is 2.33. The Hall–Kier alpha value is -1.30. The minimum absolute atomic E-state index is 0.0348. The molecular formula is C24H38. The molecule has 0 nitrogen and oxygen atoms in total. The average Bonchev–Trinajstić information content (AvgIpc) is 2.42. The third-order valence-corrected chi connectivity index (χ3v) is 4.35. The van der Waals surface area contributed by atoms with Gasteiger partial charge in [0.25, 0.3) is 0 Å². The smallest absolute Gasteiger partial charge is 0.00756 e. The molecule has 0 spiro atoms. The zero-order valence-electron chi connectivity index (χ0n) is 17.6. The van der Waals surface area contributed by atoms with E-state index in [1.807, 2.05) is 0 Å². The number of hydrogen-bond donors (Lipinski definition) is 0. The van der Waals surface area contributed by atoms with Crippen molar-refractivity contribution in [2.75, 3.05) is 0 Å². The van der Waals surface area contributed by atoms with Crippen LogP contribution in [0.4, 0.5) is 0 Å². The van der Waals surface area contributed by atoms with Crippen LogP contribution < -0.4 is 0 Å². The van der Waals surface area contributed by atoms with Crippen LogP contribution in [0.2, 0.25) is 0 Å². The van der Waals surface area contributed by atoms with E-state index in [0.717, 1.165) is 0 Å². The number of benzene rings is 1. The molecule has 0 bridgehead atoms. The van der Waals surface area contributed by atoms with Crippen LogP contribution in [0.5, 0.6) is 0 Å². The van der Waals surface area contributed by atoms with Crippen LogP contribution in [0.3, 0.4) is 0 Å². The Labute approximate surface area is 151 Å². The molecule has 0 atom stereocenters. The lowest BCUT2D eigenvalue weighted by atomic mass is 9.77. The molecule has 0 heteroatoms. The lowest BCUT2D eigenvalue weighted by Gasteiger charge is -2.28. The SMILES string of the molecule is CC(C)(C)C=CC(C)(C)c1cccc(C(C)(C)C=CC(C)(C)C)c1. The zero-order chi connectivity index (χ0) is 18.8. The summed E-state index contributed by atoms with van der Waals surface area (Å²) in [6.07, 6.45) is 9.35. The molecule has 0 aromatic heterocycles. The fraction of sp³-hybridized carbons (Fsp3) is 0.583. The van der Waals surface area contributed by atoms with Crippen LogP contribution in [-0.2, 0) is 10.8 Å². The van der Waals surface area contributed by atoms with E-state index in [2.05, 4.69) is 118 Å². The fourth-order valence-electron chi connectivity index (χ4n) is 2.43. The Morgan fingerprint density at radius 3 is 1.17 bits per heavy atom. The van der Waals surface area contributed by atoms with E-state index in [1.165, 1.54) is 11.1 Å². The first-order chi connectivity index (χ1) is 10.6. The van der Waals surface area contributed by atoms with Crippen LogP contribution >= 0.6 is 0 Å². The molecule has 0 fully saturated rings. The summed E-state index contributed by atoms with van der Waals surface area (Å²) in [6, 6.07) is 9.07. The standard InChI is InChI=1S/C24H38/c1-21(2,3)14-16-23(7,8)19-12-11-13-20(18-19)24(9,10)17-15-22(4,5)6/h11-18H,1-10H3. The first-order valence-corrected chi connectivity index (χ1v) is 9.14. The van der Waals surface area contributed by atoms with Crippen LogP contribution in [0.1, 0.15) is 80.4 Å². The molecule has 0 radical (unpaired) electrons. The van der Waals surface area contributed by atoms with Crippen LogP contribution in [0, 0.1) is 10.8 Å². The molecule has 0 aliphatic rings. The van der Waals surface area contributed by atoms with Crippen LogP contribution in [0.25, 0.3) is 0 Å². The second-order valence-corrected chi connectivity index (χ2v) is 10.4. The minimum atomic E-state index is 0.0348. The quantitative estimate of drug-likeness (QED) is 0.504. The predicted molar refractivity (Wildman–Crippen MR) is 110 cm³/mol. The molecule has 0 unspecified atom stereocenters. The van der Waals surface area contributed by atoms with E-state index in [0.29, 0.717) is 0 Å². The molecule has 1 aromatic rings. The third-order valence-electron chi connectivity index (χ3n) is 4.35. The molecule has 0 saturated heterocycles. The molecule has 134 valence electrons. The normalized spacial score (nSPS) is 14.8. The Balaban J connectivity index is 3.18. The van der Waals surface area contributed by atoms with Crippen molar-refractivity contribution in [1.29, 1.82) is 0 Å². The third kappa shape index (κ3) is 6.67. The summed E-state index contributed by atoms with van der Waals surface area (Å²) in [5.74, 6) is 0. The fourth-order valence-corrected chi connectivity index (χ4v) is 2.43. The number of hydrogen-bond acceptors (Lipinski definition) is 0. The van der Waals surface area contributed by atoms with Gasteiger partial charge in [-0.1, -0.05) is 118 Å². The zero-order valence-corrected chi connectivity index (χ0v) is 17.6. The summed E-state index contributed by atoms with van der Waals surface area (Å²) >= 11 is 0. The van der Waals surface area contributed by atoms with Gasteiger partial charge in [0.2, 0.25) is 0 Å². The molecule has 0 aliphatic heterocycles. The molecule has 0 amide bonds. The second kappa shape index (κ2) is 6.90. The summed E-state index contributed by atoms with van der Waals surface area (Å²) in [7, 11) is 0. The van der Waals surface area contributed by atoms with Gasteiger partial charge < -0.3 is 0 Å². The molecule has 0 aliphatic carbocycles. The van der Waals surface area contributed by atoms with Gasteiger partial charge in [0.15, 0.2) is 0 Å². The van der Waals surface area contributed by atoms with Gasteiger partial charge in [-0.3, -0.25) is 0 Å². The summed E-state index contributed by atoms with van der Waals surface area (Å²) in [5.41, 5.74) is 3.24. The van der Waals surface area contributed by atoms with Gasteiger partial charge >= 0.3 is 0 Å². The molecule has 1 aromatic carbocycles. The van der Waals surface area contributed by atoms with Crippen molar-refractivity contribution in [2.24, 2.45) is 10.8 Å². The van der Waals surface area contributed by atoms with Crippen molar-refractivity contribution in [3.05, 3.63) is 59.7 Å². The van der Waals surface area contributed by atoms with Crippen LogP contribution in [-0.4, -0.2) is 0 Å². The minimum Gasteiger partial charge on any atom is -0.0823 e. The predicted octanol–water partition coefficient (Wildman–Crippen LogP) is 7.45. The molecule has 24 heavy (non-hydrogen) atoms. The Morgan fingerprint density at radius 2 is 0.875 bits per heavy atom. The van der Waals surface area contributed by atoms with Gasteiger partial charge in [-0.15, -0.1) is 0 Å². The second-order valence-electron chi connectivity index (χ2n) is 10.4. The van der Waals surface area contributed by atoms with E-state index in [4.69, 9.17) is 0 Å². The largest absolute Gasteiger partial charge is 0.0823 e. The van der Waals surface area contributed by atoms with E-state index in [1.54, 1.807) is 0 Å². The molecule has 1 rings (SSSR count). The Morgan fingerprint density at radius 1 is 0.542 bits per heavy atom. The van der Waals surface area contributed by atoms with Gasteiger partial charge in [-0.05, 0) is 22.0 Å². The number of allylic oxidation sites excluding steroid dienone is 4. The maximum absolute atomic E-state index is 2.38.